The van der Waals surface area contributed by atoms with E-state index in [1.54, 1.807) is 34.8 Å². The summed E-state index contributed by atoms with van der Waals surface area (Å²) in [5, 5.41) is 13.4. The lowest BCUT2D eigenvalue weighted by atomic mass is 10.1. The highest BCUT2D eigenvalue weighted by molar-refractivity contribution is 7.99. The number of benzene rings is 1. The van der Waals surface area contributed by atoms with Crippen LogP contribution in [0.4, 0.5) is 0 Å². The Hall–Kier alpha value is -2.55. The number of ether oxygens (including phenoxy) is 1. The summed E-state index contributed by atoms with van der Waals surface area (Å²) in [5.74, 6) is 1.02. The largest absolute Gasteiger partial charge is 0.494 e. The van der Waals surface area contributed by atoms with E-state index in [1.165, 1.54) is 11.8 Å². The molecule has 0 N–H and O–H groups in total. The Morgan fingerprint density at radius 3 is 2.16 bits per heavy atom. The van der Waals surface area contributed by atoms with Crippen molar-refractivity contribution in [1.82, 2.24) is 15.2 Å². The fourth-order valence-electron chi connectivity index (χ4n) is 3.03. The Morgan fingerprint density at radius 2 is 1.58 bits per heavy atom. The molecule has 0 aliphatic heterocycles. The van der Waals surface area contributed by atoms with Crippen LogP contribution in [0, 0.1) is 13.8 Å². The standard InChI is InChI=1S/C23H21N3O2S3/c1-4-28-17-7-5-16(6-8-17)18(27)13-31-23-24-19(21-14(2)9-11-29-21)20(25-26-23)22-15(3)10-12-30-22/h5-12H,4,13H2,1-3H3. The minimum absolute atomic E-state index is 0.0173. The Kier molecular flexibility index (Phi) is 6.80. The van der Waals surface area contributed by atoms with Crippen molar-refractivity contribution in [3.8, 4) is 26.9 Å². The fourth-order valence-corrected chi connectivity index (χ4v) is 5.54. The molecule has 8 heteroatoms. The zero-order valence-corrected chi connectivity index (χ0v) is 19.9. The van der Waals surface area contributed by atoms with E-state index < -0.39 is 0 Å². The molecule has 5 nitrogen and oxygen atoms in total. The lowest BCUT2D eigenvalue weighted by Gasteiger charge is -2.08. The maximum atomic E-state index is 12.6. The number of thiophene rings is 2. The number of rotatable bonds is 8. The van der Waals surface area contributed by atoms with E-state index in [4.69, 9.17) is 9.72 Å². The van der Waals surface area contributed by atoms with E-state index in [0.29, 0.717) is 17.3 Å². The fraction of sp³-hybridized carbons (Fsp3) is 0.217. The SMILES string of the molecule is CCOc1ccc(C(=O)CSc2nnc(-c3sccc3C)c(-c3sccc3C)n2)cc1. The Balaban J connectivity index is 1.57. The highest BCUT2D eigenvalue weighted by Crippen LogP contribution is 2.38. The average molecular weight is 468 g/mol. The molecule has 1 aromatic carbocycles. The van der Waals surface area contributed by atoms with Crippen LogP contribution >= 0.6 is 34.4 Å². The molecule has 0 fully saturated rings. The molecule has 0 saturated heterocycles. The van der Waals surface area contributed by atoms with Crippen LogP contribution in [0.3, 0.4) is 0 Å². The molecule has 4 rings (SSSR count). The first-order valence-corrected chi connectivity index (χ1v) is 12.5. The summed E-state index contributed by atoms with van der Waals surface area (Å²) in [6.07, 6.45) is 0. The van der Waals surface area contributed by atoms with Crippen LogP contribution in [0.2, 0.25) is 0 Å². The van der Waals surface area contributed by atoms with Gasteiger partial charge in [-0.2, -0.15) is 0 Å². The molecular formula is C23H21N3O2S3. The van der Waals surface area contributed by atoms with Gasteiger partial charge in [-0.25, -0.2) is 4.98 Å². The first-order valence-electron chi connectivity index (χ1n) is 9.79. The molecule has 3 aromatic heterocycles. The highest BCUT2D eigenvalue weighted by Gasteiger charge is 2.19. The van der Waals surface area contributed by atoms with Gasteiger partial charge >= 0.3 is 0 Å². The van der Waals surface area contributed by atoms with E-state index in [0.717, 1.165) is 38.0 Å². The van der Waals surface area contributed by atoms with E-state index in [1.807, 2.05) is 19.1 Å². The molecule has 158 valence electrons. The van der Waals surface area contributed by atoms with Gasteiger partial charge < -0.3 is 4.74 Å². The number of aryl methyl sites for hydroxylation is 2. The molecule has 0 radical (unpaired) electrons. The maximum Gasteiger partial charge on any atom is 0.210 e. The topological polar surface area (TPSA) is 65.0 Å². The predicted octanol–water partition coefficient (Wildman–Crippen LogP) is 6.32. The van der Waals surface area contributed by atoms with Gasteiger partial charge in [-0.3, -0.25) is 4.79 Å². The van der Waals surface area contributed by atoms with Gasteiger partial charge in [-0.1, -0.05) is 11.8 Å². The predicted molar refractivity (Wildman–Crippen MR) is 129 cm³/mol. The summed E-state index contributed by atoms with van der Waals surface area (Å²) in [4.78, 5) is 19.6. The third-order valence-corrected chi connectivity index (χ3v) is 7.53. The lowest BCUT2D eigenvalue weighted by Crippen LogP contribution is -2.05. The molecule has 0 atom stereocenters. The van der Waals surface area contributed by atoms with E-state index in [-0.39, 0.29) is 11.5 Å². The molecule has 0 amide bonds. The second-order valence-corrected chi connectivity index (χ2v) is 9.60. The van der Waals surface area contributed by atoms with Crippen LogP contribution in [0.1, 0.15) is 28.4 Å². The molecule has 0 unspecified atom stereocenters. The van der Waals surface area contributed by atoms with Crippen molar-refractivity contribution in [2.75, 3.05) is 12.4 Å². The minimum Gasteiger partial charge on any atom is -0.494 e. The second kappa shape index (κ2) is 9.72. The number of ketones is 1. The number of Topliss-reactive ketones (excluding diaryl/α,β-unsaturated/α-hetero) is 1. The first-order chi connectivity index (χ1) is 15.1. The Morgan fingerprint density at radius 1 is 0.935 bits per heavy atom. The summed E-state index contributed by atoms with van der Waals surface area (Å²) in [7, 11) is 0. The summed E-state index contributed by atoms with van der Waals surface area (Å²) in [5.41, 5.74) is 4.57. The van der Waals surface area contributed by atoms with Crippen molar-refractivity contribution < 1.29 is 9.53 Å². The van der Waals surface area contributed by atoms with Crippen LogP contribution < -0.4 is 4.74 Å². The number of thioether (sulfide) groups is 1. The van der Waals surface area contributed by atoms with E-state index in [2.05, 4.69) is 46.9 Å². The quantitative estimate of drug-likeness (QED) is 0.223. The van der Waals surface area contributed by atoms with Crippen LogP contribution in [-0.4, -0.2) is 33.3 Å². The van der Waals surface area contributed by atoms with Crippen molar-refractivity contribution in [2.24, 2.45) is 0 Å². The molecule has 0 saturated carbocycles. The van der Waals surface area contributed by atoms with Gasteiger partial charge in [0.25, 0.3) is 0 Å². The van der Waals surface area contributed by atoms with Crippen LogP contribution in [0.15, 0.2) is 52.3 Å². The van der Waals surface area contributed by atoms with E-state index >= 15 is 0 Å². The van der Waals surface area contributed by atoms with Gasteiger partial charge in [0.2, 0.25) is 5.16 Å². The van der Waals surface area contributed by atoms with Crippen molar-refractivity contribution in [3.63, 3.8) is 0 Å². The molecule has 31 heavy (non-hydrogen) atoms. The number of carbonyl (C=O) groups is 1. The van der Waals surface area contributed by atoms with Crippen LogP contribution in [-0.2, 0) is 0 Å². The summed E-state index contributed by atoms with van der Waals surface area (Å²) < 4.78 is 5.44. The Bertz CT molecular complexity index is 1200. The lowest BCUT2D eigenvalue weighted by molar-refractivity contribution is 0.102. The smallest absolute Gasteiger partial charge is 0.210 e. The van der Waals surface area contributed by atoms with Gasteiger partial charge in [0, 0.05) is 5.56 Å². The molecule has 0 bridgehead atoms. The zero-order chi connectivity index (χ0) is 21.8. The molecular weight excluding hydrogens is 446 g/mol. The first kappa shape index (κ1) is 21.7. The van der Waals surface area contributed by atoms with Crippen molar-refractivity contribution in [3.05, 3.63) is 63.8 Å². The molecule has 0 spiro atoms. The molecule has 0 aliphatic carbocycles. The monoisotopic (exact) mass is 467 g/mol. The third kappa shape index (κ3) is 4.87. The zero-order valence-electron chi connectivity index (χ0n) is 17.4. The Labute approximate surface area is 193 Å². The third-order valence-electron chi connectivity index (χ3n) is 4.64. The van der Waals surface area contributed by atoms with Gasteiger partial charge in [0.15, 0.2) is 5.78 Å². The second-order valence-electron chi connectivity index (χ2n) is 6.83. The summed E-state index contributed by atoms with van der Waals surface area (Å²) in [6.45, 7) is 6.67. The van der Waals surface area contributed by atoms with Gasteiger partial charge in [0.1, 0.15) is 17.1 Å². The van der Waals surface area contributed by atoms with Gasteiger partial charge in [-0.15, -0.1) is 32.9 Å². The van der Waals surface area contributed by atoms with E-state index in [9.17, 15) is 4.79 Å². The number of hydrogen-bond acceptors (Lipinski definition) is 8. The number of carbonyl (C=O) groups excluding carboxylic acids is 1. The molecule has 3 heterocycles. The number of nitrogens with zero attached hydrogens (tertiary/aromatic N) is 3. The van der Waals surface area contributed by atoms with Gasteiger partial charge in [0.05, 0.1) is 22.1 Å². The van der Waals surface area contributed by atoms with Crippen LogP contribution in [0.25, 0.3) is 21.1 Å². The van der Waals surface area contributed by atoms with Crippen molar-refractivity contribution in [1.29, 1.82) is 0 Å². The summed E-state index contributed by atoms with van der Waals surface area (Å²) >= 11 is 4.59. The van der Waals surface area contributed by atoms with Crippen LogP contribution in [0.5, 0.6) is 5.75 Å². The maximum absolute atomic E-state index is 12.6. The average Bonchev–Trinajstić information content (AvgIpc) is 3.40. The van der Waals surface area contributed by atoms with Gasteiger partial charge in [-0.05, 0) is 79.1 Å². The normalized spacial score (nSPS) is 10.9. The highest BCUT2D eigenvalue weighted by atomic mass is 32.2. The van der Waals surface area contributed by atoms with Crippen molar-refractivity contribution in [2.45, 2.75) is 25.9 Å². The molecule has 4 aromatic rings. The molecule has 0 aliphatic rings. The number of aromatic nitrogens is 3. The number of hydrogen-bond donors (Lipinski definition) is 0. The van der Waals surface area contributed by atoms with Crippen molar-refractivity contribution >= 4 is 40.2 Å². The summed E-state index contributed by atoms with van der Waals surface area (Å²) in [6, 6.07) is 11.4. The minimum atomic E-state index is 0.0173.